The summed E-state index contributed by atoms with van der Waals surface area (Å²) in [5.74, 6) is -2.06. The third-order valence-electron chi connectivity index (χ3n) is 8.55. The molecular weight excluding hydrogens is 645 g/mol. The highest BCUT2D eigenvalue weighted by Gasteiger charge is 2.33. The largest absolute Gasteiger partial charge is 0.474 e. The van der Waals surface area contributed by atoms with Gasteiger partial charge in [-0.05, 0) is 94.8 Å². The number of fused-ring (bicyclic) bond motifs is 1. The third kappa shape index (κ3) is 9.77. The topological polar surface area (TPSA) is 92.3 Å². The third-order valence-corrected chi connectivity index (χ3v) is 10.4. The lowest BCUT2D eigenvalue weighted by Crippen LogP contribution is -2.49. The molecule has 13 heteroatoms. The Morgan fingerprint density at radius 2 is 1.73 bits per heavy atom. The first-order valence-corrected chi connectivity index (χ1v) is 17.6. The van der Waals surface area contributed by atoms with Gasteiger partial charge in [-0.1, -0.05) is 6.92 Å². The molecule has 0 spiro atoms. The van der Waals surface area contributed by atoms with Crippen molar-refractivity contribution in [2.24, 2.45) is 5.92 Å². The van der Waals surface area contributed by atoms with Crippen LogP contribution in [0.2, 0.25) is 0 Å². The van der Waals surface area contributed by atoms with Crippen LogP contribution < -0.4 is 4.74 Å². The number of likely N-dealkylation sites (N-methyl/N-ethyl adjacent to an activating group) is 2. The number of sulfonamides is 1. The molecule has 4 atom stereocenters. The van der Waals surface area contributed by atoms with Crippen molar-refractivity contribution in [3.63, 3.8) is 0 Å². The van der Waals surface area contributed by atoms with Gasteiger partial charge in [-0.3, -0.25) is 9.69 Å². The number of ether oxygens (including phenoxy) is 2. The molecule has 0 radical (unpaired) electrons. The molecule has 3 aromatic rings. The lowest BCUT2D eigenvalue weighted by Gasteiger charge is -2.37. The summed E-state index contributed by atoms with van der Waals surface area (Å²) in [5.41, 5.74) is 0.481. The van der Waals surface area contributed by atoms with E-state index in [1.165, 1.54) is 23.5 Å². The van der Waals surface area contributed by atoms with Gasteiger partial charge in [-0.25, -0.2) is 26.6 Å². The molecular formula is C35H45F3N4O5S. The normalized spacial score (nSPS) is 20.7. The Kier molecular flexibility index (Phi) is 13.0. The van der Waals surface area contributed by atoms with E-state index in [4.69, 9.17) is 9.47 Å². The second kappa shape index (κ2) is 16.7. The zero-order valence-electron chi connectivity index (χ0n) is 28.1. The van der Waals surface area contributed by atoms with Crippen molar-refractivity contribution in [2.75, 3.05) is 40.3 Å². The number of hydrogen-bond acceptors (Lipinski definition) is 7. The summed E-state index contributed by atoms with van der Waals surface area (Å²) in [6.07, 6.45) is 2.92. The summed E-state index contributed by atoms with van der Waals surface area (Å²) < 4.78 is 82.3. The standard InChI is InChI=1S/C35H45F3N4O5S/c1-24-20-42(25(2)21-40(4)22-27-19-29(37)13-16-32(27)38)35(43)31-10-8-17-39-34(31)47-26(3)9-6-7-18-46-33(24)23-41(5)48(44,45)30-14-11-28(36)12-15-30/h8,10-17,19,24-26,33H,6-7,9,18,20-23H2,1-5H3/t24-,25+,26+,33+/m1/s1. The Balaban J connectivity index is 1.63. The fourth-order valence-electron chi connectivity index (χ4n) is 5.82. The van der Waals surface area contributed by atoms with E-state index in [9.17, 15) is 26.4 Å². The van der Waals surface area contributed by atoms with E-state index in [0.717, 1.165) is 36.8 Å². The van der Waals surface area contributed by atoms with Gasteiger partial charge in [-0.15, -0.1) is 0 Å². The smallest absolute Gasteiger partial charge is 0.259 e. The van der Waals surface area contributed by atoms with Crippen LogP contribution in [0.15, 0.2) is 65.7 Å². The van der Waals surface area contributed by atoms with Crippen LogP contribution >= 0.6 is 0 Å². The maximum absolute atomic E-state index is 14.4. The molecule has 1 aliphatic rings. The van der Waals surface area contributed by atoms with Gasteiger partial charge >= 0.3 is 0 Å². The second-order valence-electron chi connectivity index (χ2n) is 12.6. The number of pyridine rings is 1. The highest BCUT2D eigenvalue weighted by atomic mass is 32.2. The van der Waals surface area contributed by atoms with Gasteiger partial charge in [0.25, 0.3) is 5.91 Å². The predicted molar refractivity (Wildman–Crippen MR) is 176 cm³/mol. The van der Waals surface area contributed by atoms with Crippen LogP contribution in [0, 0.1) is 23.4 Å². The lowest BCUT2D eigenvalue weighted by molar-refractivity contribution is -0.00724. The molecule has 262 valence electrons. The molecule has 0 fully saturated rings. The Bertz CT molecular complexity index is 1630. The number of halogens is 3. The number of carbonyl (C=O) groups is 1. The van der Waals surface area contributed by atoms with Crippen LogP contribution in [-0.2, 0) is 21.3 Å². The fourth-order valence-corrected chi connectivity index (χ4v) is 7.00. The molecule has 1 aromatic heterocycles. The highest BCUT2D eigenvalue weighted by molar-refractivity contribution is 7.89. The maximum Gasteiger partial charge on any atom is 0.259 e. The average molecular weight is 691 g/mol. The van der Waals surface area contributed by atoms with Crippen LogP contribution in [0.5, 0.6) is 5.88 Å². The van der Waals surface area contributed by atoms with E-state index in [-0.39, 0.29) is 59.5 Å². The minimum absolute atomic E-state index is 0.00625. The molecule has 48 heavy (non-hydrogen) atoms. The van der Waals surface area contributed by atoms with Crippen LogP contribution in [0.25, 0.3) is 0 Å². The zero-order valence-corrected chi connectivity index (χ0v) is 28.9. The minimum atomic E-state index is -3.96. The lowest BCUT2D eigenvalue weighted by atomic mass is 10.0. The number of rotatable bonds is 9. The first kappa shape index (κ1) is 37.3. The highest BCUT2D eigenvalue weighted by Crippen LogP contribution is 2.25. The van der Waals surface area contributed by atoms with E-state index in [1.807, 2.05) is 25.7 Å². The zero-order chi connectivity index (χ0) is 35.0. The number of hydrogen-bond donors (Lipinski definition) is 0. The number of amides is 1. The Hall–Kier alpha value is -3.52. The number of nitrogens with zero attached hydrogens (tertiary/aromatic N) is 4. The van der Waals surface area contributed by atoms with Crippen molar-refractivity contribution in [1.82, 2.24) is 19.1 Å². The average Bonchev–Trinajstić information content (AvgIpc) is 3.04. The molecule has 4 rings (SSSR count). The summed E-state index contributed by atoms with van der Waals surface area (Å²) in [4.78, 5) is 22.2. The molecule has 0 N–H and O–H groups in total. The van der Waals surface area contributed by atoms with Crippen molar-refractivity contribution in [3.8, 4) is 5.88 Å². The molecule has 0 saturated heterocycles. The van der Waals surface area contributed by atoms with Crippen LogP contribution in [0.3, 0.4) is 0 Å². The second-order valence-corrected chi connectivity index (χ2v) is 14.7. The summed E-state index contributed by atoms with van der Waals surface area (Å²) in [5, 5.41) is 0. The summed E-state index contributed by atoms with van der Waals surface area (Å²) in [7, 11) is -0.747. The first-order chi connectivity index (χ1) is 22.8. The van der Waals surface area contributed by atoms with Crippen molar-refractivity contribution in [1.29, 1.82) is 0 Å². The SMILES string of the molecule is C[C@@H]1CN([C@@H](C)CN(C)Cc2cc(F)ccc2F)C(=O)c2cccnc2O[C@@H](C)CCCCO[C@H]1CN(C)S(=O)(=O)c1ccc(F)cc1. The predicted octanol–water partition coefficient (Wildman–Crippen LogP) is 5.75. The van der Waals surface area contributed by atoms with E-state index in [0.29, 0.717) is 26.0 Å². The number of carbonyl (C=O) groups excluding carboxylic acids is 1. The van der Waals surface area contributed by atoms with Gasteiger partial charge in [-0.2, -0.15) is 4.31 Å². The molecule has 0 unspecified atom stereocenters. The van der Waals surface area contributed by atoms with E-state index >= 15 is 0 Å². The van der Waals surface area contributed by atoms with Crippen molar-refractivity contribution in [2.45, 2.75) is 69.7 Å². The molecule has 1 amide bonds. The molecule has 0 saturated carbocycles. The molecule has 0 bridgehead atoms. The monoisotopic (exact) mass is 690 g/mol. The van der Waals surface area contributed by atoms with Gasteiger partial charge in [0.1, 0.15) is 23.0 Å². The van der Waals surface area contributed by atoms with E-state index in [1.54, 1.807) is 30.3 Å². The van der Waals surface area contributed by atoms with Gasteiger partial charge < -0.3 is 14.4 Å². The maximum atomic E-state index is 14.4. The van der Waals surface area contributed by atoms with Crippen molar-refractivity contribution >= 4 is 15.9 Å². The van der Waals surface area contributed by atoms with Gasteiger partial charge in [0.15, 0.2) is 0 Å². The van der Waals surface area contributed by atoms with Crippen LogP contribution in [-0.4, -0.2) is 92.0 Å². The Labute approximate surface area is 281 Å². The molecule has 9 nitrogen and oxygen atoms in total. The number of benzene rings is 2. The van der Waals surface area contributed by atoms with Crippen LogP contribution in [0.1, 0.15) is 56.0 Å². The Morgan fingerprint density at radius 3 is 2.46 bits per heavy atom. The summed E-state index contributed by atoms with van der Waals surface area (Å²) >= 11 is 0. The first-order valence-electron chi connectivity index (χ1n) is 16.1. The van der Waals surface area contributed by atoms with Gasteiger partial charge in [0.05, 0.1) is 17.1 Å². The van der Waals surface area contributed by atoms with E-state index in [2.05, 4.69) is 4.98 Å². The van der Waals surface area contributed by atoms with Gasteiger partial charge in [0.2, 0.25) is 15.9 Å². The fraction of sp³-hybridized carbons (Fsp3) is 0.486. The number of aromatic nitrogens is 1. The summed E-state index contributed by atoms with van der Waals surface area (Å²) in [6.45, 7) is 6.65. The molecule has 0 aliphatic carbocycles. The van der Waals surface area contributed by atoms with Crippen molar-refractivity contribution < 1.29 is 35.9 Å². The summed E-state index contributed by atoms with van der Waals surface area (Å²) in [6, 6.07) is 10.9. The van der Waals surface area contributed by atoms with Crippen LogP contribution in [0.4, 0.5) is 13.2 Å². The molecule has 2 heterocycles. The molecule has 1 aliphatic heterocycles. The minimum Gasteiger partial charge on any atom is -0.474 e. The quantitative estimate of drug-likeness (QED) is 0.282. The van der Waals surface area contributed by atoms with E-state index < -0.39 is 39.6 Å². The molecule has 2 aromatic carbocycles. The Morgan fingerprint density at radius 1 is 1.02 bits per heavy atom. The van der Waals surface area contributed by atoms with Gasteiger partial charge in [0, 0.05) is 63.6 Å². The van der Waals surface area contributed by atoms with Crippen molar-refractivity contribution in [3.05, 3.63) is 89.4 Å².